The van der Waals surface area contributed by atoms with Crippen molar-refractivity contribution in [1.82, 2.24) is 31.9 Å². The van der Waals surface area contributed by atoms with Gasteiger partial charge in [-0.2, -0.15) is 0 Å². The summed E-state index contributed by atoms with van der Waals surface area (Å²) in [7, 11) is 0. The second kappa shape index (κ2) is 32.9. The number of hydrogen-bond donors (Lipinski definition) is 6. The summed E-state index contributed by atoms with van der Waals surface area (Å²) in [6, 6.07) is 27.3. The first-order chi connectivity index (χ1) is 60.1. The first kappa shape index (κ1) is 79.5. The van der Waals surface area contributed by atoms with Gasteiger partial charge in [-0.1, -0.05) is 0 Å². The Morgan fingerprint density at radius 1 is 0.242 bits per heavy atom. The Morgan fingerprint density at radius 3 is 0.774 bits per heavy atom. The molecule has 30 nitrogen and oxygen atoms in total. The van der Waals surface area contributed by atoms with Crippen LogP contribution in [-0.4, -0.2) is 97.3 Å². The number of benzene rings is 6. The number of ether oxygens (including phenoxy) is 4. The van der Waals surface area contributed by atoms with Crippen LogP contribution >= 0.6 is 0 Å². The molecule has 0 unspecified atom stereocenters. The van der Waals surface area contributed by atoms with E-state index in [-0.39, 0.29) is 106 Å². The molecule has 10 aliphatic rings. The van der Waals surface area contributed by atoms with Crippen molar-refractivity contribution in [2.75, 3.05) is 26.4 Å². The van der Waals surface area contributed by atoms with E-state index in [9.17, 15) is 57.5 Å². The smallest absolute Gasteiger partial charge is 0.234 e. The zero-order chi connectivity index (χ0) is 85.3. The Hall–Kier alpha value is -14.3. The number of nitrogens with one attached hydrogen (secondary N) is 6. The van der Waals surface area contributed by atoms with Crippen molar-refractivity contribution in [1.29, 1.82) is 0 Å². The molecule has 6 saturated heterocycles. The number of furan rings is 8. The number of carbonyl (C=O) groups is 12. The van der Waals surface area contributed by atoms with Gasteiger partial charge < -0.3 is 54.3 Å². The zero-order valence-electron chi connectivity index (χ0n) is 67.4. The highest BCUT2D eigenvalue weighted by atomic mass is 16.5. The molecule has 0 spiro atoms. The van der Waals surface area contributed by atoms with Crippen LogP contribution in [0.25, 0.3) is 87.8 Å². The van der Waals surface area contributed by atoms with Crippen LogP contribution in [0.2, 0.25) is 0 Å². The van der Waals surface area contributed by atoms with Gasteiger partial charge in [0.1, 0.15) is 79.2 Å². The highest BCUT2D eigenvalue weighted by molar-refractivity contribution is 6.09. The summed E-state index contributed by atoms with van der Waals surface area (Å²) in [5.41, 5.74) is 15.6. The minimum atomic E-state index is -0.350. The lowest BCUT2D eigenvalue weighted by Gasteiger charge is -2.20. The molecule has 632 valence electrons. The molecule has 6 aromatic carbocycles. The fraction of sp³-hybridized carbons (Fsp3) is 0.319. The van der Waals surface area contributed by atoms with Crippen LogP contribution in [0.4, 0.5) is 0 Å². The number of carbonyl (C=O) groups excluding carboxylic acids is 12. The van der Waals surface area contributed by atoms with Crippen molar-refractivity contribution < 1.29 is 112 Å². The van der Waals surface area contributed by atoms with Crippen LogP contribution in [0, 0.1) is 13.8 Å². The summed E-state index contributed by atoms with van der Waals surface area (Å²) in [5.74, 6) is 0.458. The predicted molar refractivity (Wildman–Crippen MR) is 443 cm³/mol. The molecule has 24 rings (SSSR count). The highest BCUT2D eigenvalue weighted by Gasteiger charge is 2.38. The maximum Gasteiger partial charge on any atom is 0.234 e. The van der Waals surface area contributed by atoms with E-state index in [1.54, 1.807) is 37.6 Å². The largest absolute Gasteiger partial charge is 0.493 e. The van der Waals surface area contributed by atoms with Crippen LogP contribution in [0.3, 0.4) is 0 Å². The maximum atomic E-state index is 12.0. The lowest BCUT2D eigenvalue weighted by atomic mass is 9.90. The van der Waals surface area contributed by atoms with Crippen LogP contribution in [0.15, 0.2) is 158 Å². The number of fused-ring (bicyclic) bond motifs is 12. The number of amides is 12. The van der Waals surface area contributed by atoms with E-state index in [2.05, 4.69) is 31.9 Å². The maximum absolute atomic E-state index is 12.0. The summed E-state index contributed by atoms with van der Waals surface area (Å²) in [6.07, 6.45) is 20.8. The molecule has 18 heterocycles. The van der Waals surface area contributed by atoms with E-state index in [1.165, 1.54) is 0 Å². The van der Waals surface area contributed by atoms with Crippen LogP contribution in [0.1, 0.15) is 193 Å². The van der Waals surface area contributed by atoms with Crippen molar-refractivity contribution in [3.8, 4) is 23.0 Å². The van der Waals surface area contributed by atoms with Gasteiger partial charge in [0.2, 0.25) is 70.9 Å². The fourth-order valence-electron chi connectivity index (χ4n) is 18.2. The Morgan fingerprint density at radius 2 is 0.484 bits per heavy atom. The first-order valence-electron chi connectivity index (χ1n) is 41.6. The average Bonchev–Trinajstić information content (AvgIpc) is 1.64. The molecule has 0 saturated carbocycles. The van der Waals surface area contributed by atoms with Crippen molar-refractivity contribution in [3.05, 3.63) is 190 Å². The second-order valence-electron chi connectivity index (χ2n) is 32.6. The molecule has 6 N–H and O–H groups in total. The lowest BCUT2D eigenvalue weighted by Crippen LogP contribution is -2.39. The van der Waals surface area contributed by atoms with Crippen LogP contribution in [0.5, 0.6) is 23.0 Å². The third kappa shape index (κ3) is 15.7. The third-order valence-corrected chi connectivity index (χ3v) is 24.5. The van der Waals surface area contributed by atoms with E-state index >= 15 is 0 Å². The molecule has 6 fully saturated rings. The van der Waals surface area contributed by atoms with Crippen LogP contribution < -0.4 is 50.8 Å². The third-order valence-electron chi connectivity index (χ3n) is 24.5. The second-order valence-corrected chi connectivity index (χ2v) is 32.6. The summed E-state index contributed by atoms with van der Waals surface area (Å²) >= 11 is 0. The Labute approximate surface area is 703 Å². The zero-order valence-corrected chi connectivity index (χ0v) is 67.4. The molecule has 0 bridgehead atoms. The molecule has 30 heteroatoms. The van der Waals surface area contributed by atoms with E-state index in [4.69, 9.17) is 54.3 Å². The number of piperidine rings is 6. The van der Waals surface area contributed by atoms with Gasteiger partial charge in [0.15, 0.2) is 0 Å². The SMILES string of the molecule is Cc1cc2cc3occ([C@@H]4CCC(=O)NC4=O)c3cc2o1.Cc1cc2cc3occ([C@H]4CCC(=O)NC4=O)c3cc2o1.O=C1CC[C@@H](c2coc3cc4c(cc23)CCO4)C(=O)N1.O=C1CC[C@@H](c2coc3cc4c(cc23)OCCC4)C(=O)N1.O=C1CC[C@H](c2coc3cc4c(cc23)CCO4)C(=O)N1.O=C1CC[C@H](c2coc3cc4c(cc23)OCCC4)C(=O)N1. The Bertz CT molecular complexity index is 6400. The molecule has 12 amide bonds. The molecule has 14 aromatic rings. The molecule has 0 radical (unpaired) electrons. The molecular formula is C94H82N6O24. The minimum absolute atomic E-state index is 0.201. The monoisotopic (exact) mass is 1680 g/mol. The predicted octanol–water partition coefficient (Wildman–Crippen LogP) is 14.3. The minimum Gasteiger partial charge on any atom is -0.493 e. The average molecular weight is 1680 g/mol. The molecule has 0 aliphatic carbocycles. The molecule has 6 atom stereocenters. The molecule has 8 aromatic heterocycles. The molecule has 10 aliphatic heterocycles. The van der Waals surface area contributed by atoms with Gasteiger partial charge in [0.05, 0.1) is 99.5 Å². The molecular weight excluding hydrogens is 1600 g/mol. The topological polar surface area (TPSA) is 419 Å². The van der Waals surface area contributed by atoms with Gasteiger partial charge in [-0.25, -0.2) is 0 Å². The Balaban J connectivity index is 0.0000000976. The van der Waals surface area contributed by atoms with Gasteiger partial charge in [-0.3, -0.25) is 89.4 Å². The van der Waals surface area contributed by atoms with E-state index in [0.717, 1.165) is 230 Å². The standard InChI is InChI=1S/2C16H13NO4.2C16H15NO4.2C15H13NO4/c2*1-8-4-9-5-14-11(6-13(9)21-8)12(7-20-14)10-2-3-15(18)17-16(10)19;2*18-15-4-3-10(16(19)17-15)12-8-21-14-6-9-2-1-5-20-13(9)7-11(12)14;2*17-14-2-1-9(15(18)16-14)11-7-20-13-6-12-8(3-4-19-12)5-10(11)13/h2*4-7,10H,2-3H2,1H3,(H,17,18,19);2*6-8,10H,1-5H2,(H,17,18,19);2*5-7,9H,1-4H2,(H,16,17,18)/t4*10-;2*9-/m101010/s1. The van der Waals surface area contributed by atoms with Gasteiger partial charge in [0.25, 0.3) is 0 Å². The number of aryl methyl sites for hydroxylation is 4. The van der Waals surface area contributed by atoms with Crippen molar-refractivity contribution in [3.63, 3.8) is 0 Å². The first-order valence-corrected chi connectivity index (χ1v) is 41.6. The van der Waals surface area contributed by atoms with E-state index in [0.29, 0.717) is 90.3 Å². The summed E-state index contributed by atoms with van der Waals surface area (Å²) in [6.45, 7) is 6.62. The van der Waals surface area contributed by atoms with Crippen LogP contribution in [-0.2, 0) is 83.2 Å². The molecule has 124 heavy (non-hydrogen) atoms. The van der Waals surface area contributed by atoms with Crippen molar-refractivity contribution in [2.24, 2.45) is 0 Å². The summed E-state index contributed by atoms with van der Waals surface area (Å²) < 4.78 is 67.2. The van der Waals surface area contributed by atoms with Gasteiger partial charge in [0, 0.05) is 140 Å². The highest BCUT2D eigenvalue weighted by Crippen LogP contribution is 2.45. The van der Waals surface area contributed by atoms with Crippen molar-refractivity contribution >= 4 is 159 Å². The van der Waals surface area contributed by atoms with Crippen molar-refractivity contribution in [2.45, 2.75) is 165 Å². The Kier molecular flexibility index (Phi) is 21.1. The van der Waals surface area contributed by atoms with Gasteiger partial charge >= 0.3 is 0 Å². The number of imide groups is 6. The van der Waals surface area contributed by atoms with E-state index < -0.39 is 0 Å². The lowest BCUT2D eigenvalue weighted by molar-refractivity contribution is -0.135. The van der Waals surface area contributed by atoms with E-state index in [1.807, 2.05) is 98.8 Å². The van der Waals surface area contributed by atoms with Gasteiger partial charge in [-0.15, -0.1) is 0 Å². The fourth-order valence-corrected chi connectivity index (χ4v) is 18.2. The van der Waals surface area contributed by atoms with Gasteiger partial charge in [-0.05, 0) is 173 Å². The normalized spacial score (nSPS) is 21.0. The number of rotatable bonds is 6. The summed E-state index contributed by atoms with van der Waals surface area (Å²) in [5, 5.41) is 21.7. The quantitative estimate of drug-likeness (QED) is 0.0842. The summed E-state index contributed by atoms with van der Waals surface area (Å²) in [4.78, 5) is 140. The number of hydrogen-bond acceptors (Lipinski definition) is 24.